The molecule has 13 heavy (non-hydrogen) atoms. The van der Waals surface area contributed by atoms with Gasteiger partial charge in [0.1, 0.15) is 5.82 Å². The molecule has 0 spiro atoms. The zero-order valence-electron chi connectivity index (χ0n) is 7.03. The van der Waals surface area contributed by atoms with Gasteiger partial charge < -0.3 is 5.11 Å². The number of carbonyl (C=O) groups is 1. The van der Waals surface area contributed by atoms with Gasteiger partial charge in [-0.3, -0.25) is 9.78 Å². The molecule has 0 saturated carbocycles. The van der Waals surface area contributed by atoms with Crippen LogP contribution in [0.4, 0.5) is 4.39 Å². The second-order valence-corrected chi connectivity index (χ2v) is 2.06. The first-order valence-corrected chi connectivity index (χ1v) is 3.17. The van der Waals surface area contributed by atoms with Gasteiger partial charge in [-0.05, 0) is 12.1 Å². The Morgan fingerprint density at radius 2 is 2.23 bits per heavy atom. The number of hydrogen-bond acceptors (Lipinski definition) is 3. The third-order valence-corrected chi connectivity index (χ3v) is 1.21. The number of carbonyl (C=O) groups excluding carboxylic acids is 1. The van der Waals surface area contributed by atoms with Crippen molar-refractivity contribution in [2.75, 3.05) is 0 Å². The van der Waals surface area contributed by atoms with Crippen LogP contribution in [-0.2, 0) is 0 Å². The van der Waals surface area contributed by atoms with Crippen LogP contribution >= 0.6 is 0 Å². The Balaban J connectivity index is 0.00000144. The first-order valence-electron chi connectivity index (χ1n) is 3.17. The number of hydrogen-bond donors (Lipinski definition) is 0. The van der Waals surface area contributed by atoms with Crippen LogP contribution in [0.3, 0.4) is 0 Å². The summed E-state index contributed by atoms with van der Waals surface area (Å²) >= 11 is 0. The molecule has 62 valence electrons. The fraction of sp³-hybridized carbons (Fsp3) is 0. The number of pyridine rings is 1. The molecule has 0 aliphatic carbocycles. The van der Waals surface area contributed by atoms with Crippen molar-refractivity contribution in [1.82, 2.24) is 4.98 Å². The van der Waals surface area contributed by atoms with Crippen molar-refractivity contribution in [3.05, 3.63) is 42.2 Å². The molecule has 0 N–H and O–H groups in total. The van der Waals surface area contributed by atoms with Gasteiger partial charge >= 0.3 is 29.6 Å². The molecule has 1 rings (SSSR count). The minimum atomic E-state index is -0.597. The Labute approximate surface area is 96.6 Å². The zero-order chi connectivity index (χ0) is 8.97. The van der Waals surface area contributed by atoms with E-state index in [0.717, 1.165) is 18.3 Å². The van der Waals surface area contributed by atoms with Crippen molar-refractivity contribution in [3.8, 4) is 0 Å². The summed E-state index contributed by atoms with van der Waals surface area (Å²) < 4.78 is 12.5. The van der Waals surface area contributed by atoms with Gasteiger partial charge in [-0.2, -0.15) is 0 Å². The molecule has 0 fully saturated rings. The first-order chi connectivity index (χ1) is 5.74. The van der Waals surface area contributed by atoms with Gasteiger partial charge in [-0.15, -0.1) is 6.26 Å². The molecule has 1 aromatic rings. The fourth-order valence-electron chi connectivity index (χ4n) is 0.705. The Kier molecular flexibility index (Phi) is 5.53. The van der Waals surface area contributed by atoms with Crippen LogP contribution < -0.4 is 34.7 Å². The number of halogens is 1. The topological polar surface area (TPSA) is 53.0 Å². The maximum atomic E-state index is 12.5. The van der Waals surface area contributed by atoms with E-state index in [1.807, 2.05) is 0 Å². The van der Waals surface area contributed by atoms with Crippen LogP contribution in [-0.4, -0.2) is 10.8 Å². The number of rotatable bonds is 2. The van der Waals surface area contributed by atoms with Crippen molar-refractivity contribution in [2.24, 2.45) is 0 Å². The summed E-state index contributed by atoms with van der Waals surface area (Å²) in [5.41, 5.74) is 0.0714. The van der Waals surface area contributed by atoms with Crippen molar-refractivity contribution >= 4 is 5.78 Å². The SMILES string of the molecule is O=C(/C=C/[O-])c1cncc(F)c1.[Na+]. The molecular formula is C8H5FNNaO2. The van der Waals surface area contributed by atoms with Gasteiger partial charge in [0, 0.05) is 11.8 Å². The van der Waals surface area contributed by atoms with E-state index in [0.29, 0.717) is 6.26 Å². The molecule has 3 nitrogen and oxygen atoms in total. The predicted molar refractivity (Wildman–Crippen MR) is 37.7 cm³/mol. The van der Waals surface area contributed by atoms with E-state index in [-0.39, 0.29) is 35.1 Å². The van der Waals surface area contributed by atoms with E-state index in [2.05, 4.69) is 4.98 Å². The maximum absolute atomic E-state index is 12.5. The molecular weight excluding hydrogens is 184 g/mol. The van der Waals surface area contributed by atoms with Gasteiger partial charge in [0.05, 0.1) is 6.20 Å². The average Bonchev–Trinajstić information content (AvgIpc) is 2.05. The second kappa shape index (κ2) is 5.85. The van der Waals surface area contributed by atoms with E-state index < -0.39 is 11.6 Å². The van der Waals surface area contributed by atoms with E-state index in [4.69, 9.17) is 0 Å². The van der Waals surface area contributed by atoms with Gasteiger partial charge in [0.25, 0.3) is 0 Å². The fourth-order valence-corrected chi connectivity index (χ4v) is 0.705. The molecule has 0 aliphatic rings. The Bertz CT molecular complexity index is 328. The quantitative estimate of drug-likeness (QED) is 0.220. The minimum absolute atomic E-state index is 0. The van der Waals surface area contributed by atoms with E-state index in [9.17, 15) is 14.3 Å². The average molecular weight is 189 g/mol. The molecule has 0 atom stereocenters. The van der Waals surface area contributed by atoms with Gasteiger partial charge in [0.2, 0.25) is 0 Å². The van der Waals surface area contributed by atoms with E-state index in [1.54, 1.807) is 0 Å². The third kappa shape index (κ3) is 3.67. The molecule has 0 aliphatic heterocycles. The number of nitrogens with zero attached hydrogens (tertiary/aromatic N) is 1. The molecule has 0 bridgehead atoms. The Hall–Kier alpha value is -0.710. The molecule has 0 radical (unpaired) electrons. The molecule has 0 amide bonds. The van der Waals surface area contributed by atoms with Crippen LogP contribution in [0.2, 0.25) is 0 Å². The second-order valence-electron chi connectivity index (χ2n) is 2.06. The number of allylic oxidation sites excluding steroid dienone is 1. The van der Waals surface area contributed by atoms with Crippen molar-refractivity contribution in [1.29, 1.82) is 0 Å². The van der Waals surface area contributed by atoms with E-state index in [1.165, 1.54) is 6.20 Å². The van der Waals surface area contributed by atoms with Crippen LogP contribution in [0.25, 0.3) is 0 Å². The van der Waals surface area contributed by atoms with E-state index >= 15 is 0 Å². The number of ketones is 1. The largest absolute Gasteiger partial charge is 1.00 e. The molecule has 1 aromatic heterocycles. The Morgan fingerprint density at radius 1 is 1.54 bits per heavy atom. The molecule has 0 aromatic carbocycles. The zero-order valence-corrected chi connectivity index (χ0v) is 9.03. The van der Waals surface area contributed by atoms with Crippen molar-refractivity contribution in [2.45, 2.75) is 0 Å². The van der Waals surface area contributed by atoms with Crippen LogP contribution in [0.1, 0.15) is 10.4 Å². The standard InChI is InChI=1S/C8H6FNO2.Na/c9-7-3-6(4-10-5-7)8(12)1-2-11;/h1-5,11H;/q;+1/p-1/b2-1+;. The molecule has 1 heterocycles. The summed E-state index contributed by atoms with van der Waals surface area (Å²) in [4.78, 5) is 14.4. The normalized spacial score (nSPS) is 9.62. The molecule has 5 heteroatoms. The monoisotopic (exact) mass is 189 g/mol. The van der Waals surface area contributed by atoms with Crippen molar-refractivity contribution in [3.63, 3.8) is 0 Å². The van der Waals surface area contributed by atoms with Crippen LogP contribution in [0.15, 0.2) is 30.8 Å². The summed E-state index contributed by atoms with van der Waals surface area (Å²) in [6.45, 7) is 0. The summed E-state index contributed by atoms with van der Waals surface area (Å²) in [7, 11) is 0. The summed E-state index contributed by atoms with van der Waals surface area (Å²) in [6, 6.07) is 1.02. The minimum Gasteiger partial charge on any atom is -0.878 e. The Morgan fingerprint density at radius 3 is 2.77 bits per heavy atom. The number of aromatic nitrogens is 1. The van der Waals surface area contributed by atoms with Crippen molar-refractivity contribution < 1.29 is 43.8 Å². The van der Waals surface area contributed by atoms with Gasteiger partial charge in [-0.25, -0.2) is 4.39 Å². The predicted octanol–water partition coefficient (Wildman–Crippen LogP) is -2.72. The van der Waals surface area contributed by atoms with Crippen LogP contribution in [0.5, 0.6) is 0 Å². The smallest absolute Gasteiger partial charge is 0.878 e. The molecule has 0 unspecified atom stereocenters. The first kappa shape index (κ1) is 12.3. The third-order valence-electron chi connectivity index (χ3n) is 1.21. The maximum Gasteiger partial charge on any atom is 1.00 e. The summed E-state index contributed by atoms with van der Waals surface area (Å²) in [5.74, 6) is -1.14. The van der Waals surface area contributed by atoms with Crippen LogP contribution in [0, 0.1) is 5.82 Å². The summed E-state index contributed by atoms with van der Waals surface area (Å²) in [6.07, 6.45) is 3.35. The van der Waals surface area contributed by atoms with Gasteiger partial charge in [0.15, 0.2) is 5.78 Å². The molecule has 0 saturated heterocycles. The summed E-state index contributed by atoms with van der Waals surface area (Å²) in [5, 5.41) is 9.88. The van der Waals surface area contributed by atoms with Gasteiger partial charge in [-0.1, -0.05) is 0 Å².